The summed E-state index contributed by atoms with van der Waals surface area (Å²) in [5.41, 5.74) is 1.31. The molecule has 0 radical (unpaired) electrons. The normalized spacial score (nSPS) is 15.2. The van der Waals surface area contributed by atoms with Crippen LogP contribution in [0.25, 0.3) is 6.08 Å². The molecule has 47 heavy (non-hydrogen) atoms. The minimum atomic E-state index is -2.38. The first kappa shape index (κ1) is 40.3. The predicted octanol–water partition coefficient (Wildman–Crippen LogP) is 10.1. The van der Waals surface area contributed by atoms with Gasteiger partial charge in [-0.15, -0.1) is 0 Å². The maximum atomic E-state index is 13.1. The maximum absolute atomic E-state index is 13.1. The molecule has 2 rings (SSSR count). The second kappa shape index (κ2) is 16.0. The summed E-state index contributed by atoms with van der Waals surface area (Å²) < 4.78 is 19.0. The van der Waals surface area contributed by atoms with E-state index in [1.165, 1.54) is 0 Å². The standard InChI is InChI=1S/C38H61NO6Si2/c1-36(2,3)43-35(42)39-32(26-29-18-15-14-16-19-29)33(45-47(12,13)38(7,8)9)27-30(34(40)41)21-17-20-28-22-24-31(25-23-28)44-46(10,11)37(4,5)6/h14-20,22-25,30,32-33H,21,26-27H2,1-13H3,(H,39,42)(H,40,41)/t30-,32+,33+/m1/s1. The fraction of sp³-hybridized carbons (Fsp3) is 0.579. The number of amides is 1. The Hall–Kier alpha value is -2.89. The van der Waals surface area contributed by atoms with Gasteiger partial charge in [-0.05, 0) is 99.6 Å². The summed E-state index contributed by atoms with van der Waals surface area (Å²) in [4.78, 5) is 25.8. The van der Waals surface area contributed by atoms with Crippen LogP contribution in [-0.2, 0) is 20.4 Å². The SMILES string of the molecule is CC(C)(C)OC(=O)N[C@@H](Cc1ccccc1)[C@H](C[C@@H](CC=Cc1ccc(O[Si](C)(C)C(C)(C)C)cc1)C(=O)O)O[Si](C)(C)C(C)(C)C. The number of hydrogen-bond donors (Lipinski definition) is 2. The van der Waals surface area contributed by atoms with Crippen LogP contribution in [0.4, 0.5) is 4.79 Å². The van der Waals surface area contributed by atoms with E-state index in [4.69, 9.17) is 13.6 Å². The number of carboxylic acids is 1. The molecule has 3 atom stereocenters. The third kappa shape index (κ3) is 13.3. The van der Waals surface area contributed by atoms with E-state index >= 15 is 0 Å². The lowest BCUT2D eigenvalue weighted by atomic mass is 9.91. The van der Waals surface area contributed by atoms with Crippen LogP contribution < -0.4 is 9.74 Å². The van der Waals surface area contributed by atoms with Crippen LogP contribution in [0.5, 0.6) is 5.75 Å². The van der Waals surface area contributed by atoms with E-state index in [2.05, 4.69) is 73.0 Å². The molecule has 2 N–H and O–H groups in total. The number of carboxylic acid groups (broad SMARTS) is 1. The van der Waals surface area contributed by atoms with Gasteiger partial charge in [-0.1, -0.05) is 96.2 Å². The number of rotatable bonds is 14. The average Bonchev–Trinajstić information content (AvgIpc) is 2.90. The number of aliphatic carboxylic acids is 1. The average molecular weight is 684 g/mol. The molecule has 0 aromatic heterocycles. The molecule has 0 unspecified atom stereocenters. The summed E-state index contributed by atoms with van der Waals surface area (Å²) in [6.07, 6.45) is 3.80. The molecule has 1 amide bonds. The molecular formula is C38H61NO6Si2. The van der Waals surface area contributed by atoms with Crippen molar-refractivity contribution in [2.24, 2.45) is 5.92 Å². The van der Waals surface area contributed by atoms with Gasteiger partial charge >= 0.3 is 12.1 Å². The topological polar surface area (TPSA) is 94.1 Å². The molecule has 9 heteroatoms. The molecular weight excluding hydrogens is 623 g/mol. The number of alkyl carbamates (subject to hydrolysis) is 1. The molecule has 0 spiro atoms. The van der Waals surface area contributed by atoms with Gasteiger partial charge in [0.05, 0.1) is 18.1 Å². The van der Waals surface area contributed by atoms with Crippen LogP contribution >= 0.6 is 0 Å². The Kier molecular flexibility index (Phi) is 13.7. The smallest absolute Gasteiger partial charge is 0.407 e. The number of allylic oxidation sites excluding steroid dienone is 1. The summed E-state index contributed by atoms with van der Waals surface area (Å²) in [7, 11) is -4.32. The molecule has 0 saturated carbocycles. The van der Waals surface area contributed by atoms with Crippen LogP contribution in [0.15, 0.2) is 60.7 Å². The summed E-state index contributed by atoms with van der Waals surface area (Å²) in [6, 6.07) is 17.3. The van der Waals surface area contributed by atoms with Crippen molar-refractivity contribution in [2.75, 3.05) is 0 Å². The molecule has 262 valence electrons. The van der Waals surface area contributed by atoms with Crippen molar-refractivity contribution >= 4 is 34.8 Å². The molecule has 0 saturated heterocycles. The van der Waals surface area contributed by atoms with E-state index in [1.807, 2.05) is 87.5 Å². The maximum Gasteiger partial charge on any atom is 0.407 e. The highest BCUT2D eigenvalue weighted by molar-refractivity contribution is 6.75. The van der Waals surface area contributed by atoms with E-state index in [9.17, 15) is 14.7 Å². The van der Waals surface area contributed by atoms with Gasteiger partial charge in [-0.2, -0.15) is 0 Å². The quantitative estimate of drug-likeness (QED) is 0.193. The number of carbonyl (C=O) groups is 2. The highest BCUT2D eigenvalue weighted by Gasteiger charge is 2.42. The highest BCUT2D eigenvalue weighted by Crippen LogP contribution is 2.39. The van der Waals surface area contributed by atoms with Gasteiger partial charge in [0.2, 0.25) is 8.32 Å². The minimum Gasteiger partial charge on any atom is -0.544 e. The van der Waals surface area contributed by atoms with Gasteiger partial charge in [0.15, 0.2) is 8.32 Å². The molecule has 0 bridgehead atoms. The van der Waals surface area contributed by atoms with Gasteiger partial charge < -0.3 is 24.0 Å². The Morgan fingerprint density at radius 2 is 1.38 bits per heavy atom. The van der Waals surface area contributed by atoms with Crippen LogP contribution in [0.1, 0.15) is 86.3 Å². The molecule has 2 aromatic rings. The number of carbonyl (C=O) groups excluding carboxylic acids is 1. The van der Waals surface area contributed by atoms with Crippen LogP contribution in [-0.4, -0.2) is 51.6 Å². The molecule has 0 fully saturated rings. The van der Waals surface area contributed by atoms with Crippen molar-refractivity contribution in [3.8, 4) is 5.75 Å². The van der Waals surface area contributed by atoms with Crippen molar-refractivity contribution in [2.45, 2.75) is 136 Å². The molecule has 2 aromatic carbocycles. The number of hydrogen-bond acceptors (Lipinski definition) is 5. The Morgan fingerprint density at radius 3 is 1.87 bits per heavy atom. The van der Waals surface area contributed by atoms with Crippen molar-refractivity contribution in [1.29, 1.82) is 0 Å². The second-order valence-corrected chi connectivity index (χ2v) is 26.2. The molecule has 0 heterocycles. The highest BCUT2D eigenvalue weighted by atomic mass is 28.4. The summed E-state index contributed by atoms with van der Waals surface area (Å²) >= 11 is 0. The van der Waals surface area contributed by atoms with Gasteiger partial charge in [-0.3, -0.25) is 4.79 Å². The lowest BCUT2D eigenvalue weighted by Gasteiger charge is -2.42. The van der Waals surface area contributed by atoms with Gasteiger partial charge in [0.1, 0.15) is 11.4 Å². The summed E-state index contributed by atoms with van der Waals surface area (Å²) in [5.74, 6) is -0.766. The third-order valence-corrected chi connectivity index (χ3v) is 18.2. The summed E-state index contributed by atoms with van der Waals surface area (Å²) in [6.45, 7) is 27.3. The van der Waals surface area contributed by atoms with E-state index in [0.717, 1.165) is 16.9 Å². The number of ether oxygens (including phenoxy) is 1. The zero-order valence-corrected chi connectivity index (χ0v) is 33.2. The number of nitrogens with one attached hydrogen (secondary N) is 1. The Morgan fingerprint density at radius 1 is 0.830 bits per heavy atom. The van der Waals surface area contributed by atoms with Gasteiger partial charge in [0.25, 0.3) is 0 Å². The number of benzene rings is 2. The van der Waals surface area contributed by atoms with E-state index in [0.29, 0.717) is 12.8 Å². The summed E-state index contributed by atoms with van der Waals surface area (Å²) in [5, 5.41) is 13.4. The third-order valence-electron chi connectivity index (χ3n) is 9.36. The zero-order valence-electron chi connectivity index (χ0n) is 31.2. The fourth-order valence-corrected chi connectivity index (χ4v) is 6.90. The molecule has 0 aliphatic heterocycles. The minimum absolute atomic E-state index is 0.103. The largest absolute Gasteiger partial charge is 0.544 e. The van der Waals surface area contributed by atoms with Crippen LogP contribution in [0.2, 0.25) is 36.3 Å². The predicted molar refractivity (Wildman–Crippen MR) is 199 cm³/mol. The zero-order chi connectivity index (χ0) is 35.8. The monoisotopic (exact) mass is 683 g/mol. The Balaban J connectivity index is 2.36. The lowest BCUT2D eigenvalue weighted by Crippen LogP contribution is -2.54. The second-order valence-electron chi connectivity index (χ2n) is 16.7. The Labute approximate surface area is 286 Å². The van der Waals surface area contributed by atoms with Gasteiger partial charge in [-0.25, -0.2) is 4.79 Å². The van der Waals surface area contributed by atoms with E-state index in [1.54, 1.807) is 0 Å². The first-order valence-corrected chi connectivity index (χ1v) is 22.6. The van der Waals surface area contributed by atoms with Crippen molar-refractivity contribution in [3.05, 3.63) is 71.8 Å². The van der Waals surface area contributed by atoms with Crippen molar-refractivity contribution in [1.82, 2.24) is 5.32 Å². The first-order valence-electron chi connectivity index (χ1n) is 16.8. The molecule has 0 aliphatic carbocycles. The lowest BCUT2D eigenvalue weighted by molar-refractivity contribution is -0.142. The fourth-order valence-electron chi connectivity index (χ4n) is 4.49. The molecule has 0 aliphatic rings. The van der Waals surface area contributed by atoms with Crippen LogP contribution in [0.3, 0.4) is 0 Å². The van der Waals surface area contributed by atoms with E-state index in [-0.39, 0.29) is 16.5 Å². The first-order chi connectivity index (χ1) is 21.4. The molecule has 7 nitrogen and oxygen atoms in total. The van der Waals surface area contributed by atoms with Gasteiger partial charge in [0, 0.05) is 0 Å². The Bertz CT molecular complexity index is 1320. The van der Waals surface area contributed by atoms with Crippen LogP contribution in [0, 0.1) is 5.92 Å². The van der Waals surface area contributed by atoms with Crippen molar-refractivity contribution < 1.29 is 28.3 Å². The van der Waals surface area contributed by atoms with E-state index < -0.39 is 52.4 Å². The van der Waals surface area contributed by atoms with Crippen molar-refractivity contribution in [3.63, 3.8) is 0 Å².